The van der Waals surface area contributed by atoms with Gasteiger partial charge in [0.2, 0.25) is 0 Å². The standard InChI is InChI=1S/C20H21ClF3NO4/c1-13(10-28-12-20(22,23)24)25-19(26)14-7-8-17(18(9-14)27-2)29-11-15-5-3-4-6-16(15)21/h3-9,13H,10-12H2,1-2H3,(H,25,26). The van der Waals surface area contributed by atoms with E-state index in [1.54, 1.807) is 19.1 Å². The van der Waals surface area contributed by atoms with Crippen molar-refractivity contribution in [3.63, 3.8) is 0 Å². The van der Waals surface area contributed by atoms with Gasteiger partial charge in [-0.15, -0.1) is 0 Å². The molecule has 5 nitrogen and oxygen atoms in total. The SMILES string of the molecule is COc1cc(C(=O)NC(C)COCC(F)(F)F)ccc1OCc1ccccc1Cl. The zero-order valence-corrected chi connectivity index (χ0v) is 16.6. The Bertz CT molecular complexity index is 830. The largest absolute Gasteiger partial charge is 0.493 e. The lowest BCUT2D eigenvalue weighted by Crippen LogP contribution is -2.36. The molecule has 2 aromatic carbocycles. The fourth-order valence-electron chi connectivity index (χ4n) is 2.40. The van der Waals surface area contributed by atoms with Gasteiger partial charge in [0.25, 0.3) is 5.91 Å². The quantitative estimate of drug-likeness (QED) is 0.629. The smallest absolute Gasteiger partial charge is 0.411 e. The van der Waals surface area contributed by atoms with Crippen LogP contribution in [0, 0.1) is 0 Å². The van der Waals surface area contributed by atoms with Gasteiger partial charge in [-0.1, -0.05) is 29.8 Å². The molecule has 9 heteroatoms. The second-order valence-electron chi connectivity index (χ2n) is 6.25. The number of carbonyl (C=O) groups is 1. The summed E-state index contributed by atoms with van der Waals surface area (Å²) in [6.45, 7) is 0.141. The third-order valence-electron chi connectivity index (χ3n) is 3.78. The van der Waals surface area contributed by atoms with Crippen LogP contribution in [-0.2, 0) is 11.3 Å². The maximum Gasteiger partial charge on any atom is 0.411 e. The van der Waals surface area contributed by atoms with Gasteiger partial charge >= 0.3 is 6.18 Å². The van der Waals surface area contributed by atoms with Crippen molar-refractivity contribution in [2.24, 2.45) is 0 Å². The summed E-state index contributed by atoms with van der Waals surface area (Å²) in [7, 11) is 1.44. The maximum absolute atomic E-state index is 12.3. The van der Waals surface area contributed by atoms with Crippen molar-refractivity contribution in [1.82, 2.24) is 5.32 Å². The molecule has 2 rings (SSSR count). The molecular formula is C20H21ClF3NO4. The number of hydrogen-bond acceptors (Lipinski definition) is 4. The highest BCUT2D eigenvalue weighted by molar-refractivity contribution is 6.31. The first kappa shape index (κ1) is 22.8. The molecule has 1 N–H and O–H groups in total. The number of carbonyl (C=O) groups excluding carboxylic acids is 1. The predicted molar refractivity (Wildman–Crippen MR) is 103 cm³/mol. The lowest BCUT2D eigenvalue weighted by Gasteiger charge is -2.16. The van der Waals surface area contributed by atoms with Gasteiger partial charge in [0, 0.05) is 22.2 Å². The van der Waals surface area contributed by atoms with Crippen LogP contribution in [-0.4, -0.2) is 38.4 Å². The van der Waals surface area contributed by atoms with Gasteiger partial charge in [0.1, 0.15) is 13.2 Å². The summed E-state index contributed by atoms with van der Waals surface area (Å²) in [6, 6.07) is 11.2. The van der Waals surface area contributed by atoms with Gasteiger partial charge in [-0.25, -0.2) is 0 Å². The van der Waals surface area contributed by atoms with Gasteiger partial charge in [-0.3, -0.25) is 4.79 Å². The Morgan fingerprint density at radius 2 is 1.90 bits per heavy atom. The van der Waals surface area contributed by atoms with E-state index in [4.69, 9.17) is 21.1 Å². The van der Waals surface area contributed by atoms with E-state index in [9.17, 15) is 18.0 Å². The van der Waals surface area contributed by atoms with Crippen molar-refractivity contribution >= 4 is 17.5 Å². The van der Waals surface area contributed by atoms with Crippen molar-refractivity contribution in [1.29, 1.82) is 0 Å². The van der Waals surface area contributed by atoms with Crippen molar-refractivity contribution in [3.8, 4) is 11.5 Å². The van der Waals surface area contributed by atoms with E-state index in [-0.39, 0.29) is 18.8 Å². The van der Waals surface area contributed by atoms with Crippen molar-refractivity contribution in [2.75, 3.05) is 20.3 Å². The van der Waals surface area contributed by atoms with E-state index in [1.165, 1.54) is 19.2 Å². The second kappa shape index (κ2) is 10.4. The minimum Gasteiger partial charge on any atom is -0.493 e. The molecule has 158 valence electrons. The Balaban J connectivity index is 1.96. The minimum absolute atomic E-state index is 0.217. The Kier molecular flexibility index (Phi) is 8.16. The van der Waals surface area contributed by atoms with Crippen LogP contribution < -0.4 is 14.8 Å². The first-order chi connectivity index (χ1) is 13.7. The molecule has 2 aromatic rings. The van der Waals surface area contributed by atoms with E-state index in [0.29, 0.717) is 16.5 Å². The molecule has 1 unspecified atom stereocenters. The molecule has 0 aliphatic carbocycles. The molecule has 0 fully saturated rings. The number of rotatable bonds is 9. The fourth-order valence-corrected chi connectivity index (χ4v) is 2.59. The minimum atomic E-state index is -4.41. The average molecular weight is 432 g/mol. The topological polar surface area (TPSA) is 56.8 Å². The van der Waals surface area contributed by atoms with Crippen LogP contribution >= 0.6 is 11.6 Å². The van der Waals surface area contributed by atoms with Crippen LogP contribution in [0.4, 0.5) is 13.2 Å². The summed E-state index contributed by atoms with van der Waals surface area (Å²) < 4.78 is 51.9. The van der Waals surface area contributed by atoms with Crippen LogP contribution in [0.1, 0.15) is 22.8 Å². The van der Waals surface area contributed by atoms with Crippen molar-refractivity contribution < 1.29 is 32.2 Å². The highest BCUT2D eigenvalue weighted by Gasteiger charge is 2.27. The van der Waals surface area contributed by atoms with E-state index >= 15 is 0 Å². The zero-order chi connectivity index (χ0) is 21.4. The molecule has 1 atom stereocenters. The summed E-state index contributed by atoms with van der Waals surface area (Å²) in [5.41, 5.74) is 1.07. The molecule has 0 saturated heterocycles. The molecule has 0 aromatic heterocycles. The zero-order valence-electron chi connectivity index (χ0n) is 15.9. The van der Waals surface area contributed by atoms with E-state index in [0.717, 1.165) is 5.56 Å². The van der Waals surface area contributed by atoms with Gasteiger partial charge in [0.15, 0.2) is 11.5 Å². The Morgan fingerprint density at radius 1 is 1.17 bits per heavy atom. The molecule has 0 radical (unpaired) electrons. The number of hydrogen-bond donors (Lipinski definition) is 1. The number of ether oxygens (including phenoxy) is 3. The van der Waals surface area contributed by atoms with E-state index in [1.807, 2.05) is 18.2 Å². The molecule has 0 heterocycles. The number of benzene rings is 2. The molecule has 0 saturated carbocycles. The number of methoxy groups -OCH3 is 1. The fraction of sp³-hybridized carbons (Fsp3) is 0.350. The van der Waals surface area contributed by atoms with Crippen LogP contribution in [0.25, 0.3) is 0 Å². The molecular weight excluding hydrogens is 411 g/mol. The van der Waals surface area contributed by atoms with Crippen molar-refractivity contribution in [2.45, 2.75) is 25.7 Å². The molecule has 0 aliphatic heterocycles. The molecule has 0 spiro atoms. The summed E-state index contributed by atoms with van der Waals surface area (Å²) in [4.78, 5) is 12.3. The maximum atomic E-state index is 12.3. The first-order valence-electron chi connectivity index (χ1n) is 8.69. The van der Waals surface area contributed by atoms with Crippen LogP contribution in [0.2, 0.25) is 5.02 Å². The number of amides is 1. The average Bonchev–Trinajstić information content (AvgIpc) is 2.66. The number of alkyl halides is 3. The normalized spacial score (nSPS) is 12.3. The molecule has 0 bridgehead atoms. The highest BCUT2D eigenvalue weighted by atomic mass is 35.5. The van der Waals surface area contributed by atoms with Crippen LogP contribution in [0.15, 0.2) is 42.5 Å². The second-order valence-corrected chi connectivity index (χ2v) is 6.66. The van der Waals surface area contributed by atoms with Crippen LogP contribution in [0.3, 0.4) is 0 Å². The van der Waals surface area contributed by atoms with E-state index < -0.39 is 24.7 Å². The lowest BCUT2D eigenvalue weighted by molar-refractivity contribution is -0.174. The lowest BCUT2D eigenvalue weighted by atomic mass is 10.1. The summed E-state index contributed by atoms with van der Waals surface area (Å²) in [6.07, 6.45) is -4.41. The first-order valence-corrected chi connectivity index (χ1v) is 9.07. The van der Waals surface area contributed by atoms with Crippen LogP contribution in [0.5, 0.6) is 11.5 Å². The Labute approximate surface area is 171 Å². The Morgan fingerprint density at radius 3 is 2.55 bits per heavy atom. The van der Waals surface area contributed by atoms with Gasteiger partial charge < -0.3 is 19.5 Å². The number of nitrogens with one attached hydrogen (secondary N) is 1. The predicted octanol–water partition coefficient (Wildman–Crippen LogP) is 4.62. The van der Waals surface area contributed by atoms with Gasteiger partial charge in [0.05, 0.1) is 13.7 Å². The molecule has 29 heavy (non-hydrogen) atoms. The van der Waals surface area contributed by atoms with Gasteiger partial charge in [-0.05, 0) is 31.2 Å². The third kappa shape index (κ3) is 7.47. The molecule has 0 aliphatic rings. The summed E-state index contributed by atoms with van der Waals surface area (Å²) >= 11 is 6.10. The highest BCUT2D eigenvalue weighted by Crippen LogP contribution is 2.29. The number of halogens is 4. The molecule has 1 amide bonds. The van der Waals surface area contributed by atoms with Crippen molar-refractivity contribution in [3.05, 3.63) is 58.6 Å². The monoisotopic (exact) mass is 431 g/mol. The Hall–Kier alpha value is -2.45. The summed E-state index contributed by atoms with van der Waals surface area (Å²) in [5.74, 6) is 0.292. The van der Waals surface area contributed by atoms with Gasteiger partial charge in [-0.2, -0.15) is 13.2 Å². The van der Waals surface area contributed by atoms with E-state index in [2.05, 4.69) is 10.1 Å². The summed E-state index contributed by atoms with van der Waals surface area (Å²) in [5, 5.41) is 3.15. The third-order valence-corrected chi connectivity index (χ3v) is 4.15.